The molecule has 9 heavy (non-hydrogen) atoms. The van der Waals surface area contributed by atoms with E-state index in [1.807, 2.05) is 0 Å². The Labute approximate surface area is 56.5 Å². The van der Waals surface area contributed by atoms with E-state index in [9.17, 15) is 3.89 Å². The fourth-order valence-corrected chi connectivity index (χ4v) is 0. The molecule has 58 valence electrons. The summed E-state index contributed by atoms with van der Waals surface area (Å²) in [6.07, 6.45) is 0. The molecule has 0 amide bonds. The first-order chi connectivity index (χ1) is 3.73. The average Bonchev–Trinajstić information content (AvgIpc) is 1.19. The Hall–Kier alpha value is 0.0569. The molecule has 0 rings (SSSR count). The Balaban J connectivity index is 0. The zero-order valence-corrected chi connectivity index (χ0v) is 7.60. The molecule has 0 aliphatic carbocycles. The molecular weight excluding hydrogens is 163 g/mol. The van der Waals surface area contributed by atoms with Crippen molar-refractivity contribution < 1.29 is 16.9 Å². The Morgan fingerprint density at radius 1 is 1.33 bits per heavy atom. The highest BCUT2D eigenvalue weighted by Crippen LogP contribution is 1.74. The third-order valence-corrected chi connectivity index (χ3v) is 0. The van der Waals surface area contributed by atoms with E-state index in [-0.39, 0.29) is 8.80 Å². The quantitative estimate of drug-likeness (QED) is 0.337. The largest absolute Gasteiger partial charge is 0.435 e. The maximum absolute atomic E-state index is 10.2. The van der Waals surface area contributed by atoms with Crippen LogP contribution in [0.2, 0.25) is 19.6 Å². The lowest BCUT2D eigenvalue weighted by molar-refractivity contribution is 0.435. The second-order valence-corrected chi connectivity index (χ2v) is 6.43. The summed E-state index contributed by atoms with van der Waals surface area (Å²) in [5.41, 5.74) is 0. The van der Waals surface area contributed by atoms with Gasteiger partial charge in [-0.15, -0.1) is 0 Å². The number of halogens is 1. The fraction of sp³-hybridized carbons (Fsp3) is 1.00. The van der Waals surface area contributed by atoms with E-state index < -0.39 is 10.5 Å². The molecule has 0 bridgehead atoms. The highest BCUT2D eigenvalue weighted by Gasteiger charge is 1.89. The van der Waals surface area contributed by atoms with Crippen LogP contribution in [-0.2, 0) is 10.5 Å². The SMILES string of the molecule is C[SiH](C)C.O=S(=O)(O)F. The minimum absolute atomic E-state index is 0.139. The molecule has 0 saturated heterocycles. The van der Waals surface area contributed by atoms with Gasteiger partial charge in [0.15, 0.2) is 0 Å². The summed E-state index contributed by atoms with van der Waals surface area (Å²) in [7, 11) is -5.31. The number of hydrogen-bond acceptors (Lipinski definition) is 2. The Bertz CT molecular complexity index is 130. The molecule has 0 unspecified atom stereocenters. The predicted molar refractivity (Wildman–Crippen MR) is 37.4 cm³/mol. The van der Waals surface area contributed by atoms with Gasteiger partial charge in [-0.25, -0.2) is 0 Å². The van der Waals surface area contributed by atoms with Gasteiger partial charge >= 0.3 is 10.5 Å². The summed E-state index contributed by atoms with van der Waals surface area (Å²) in [6.45, 7) is 6.92. The maximum Gasteiger partial charge on any atom is 0.435 e. The van der Waals surface area contributed by atoms with Crippen molar-refractivity contribution in [3.63, 3.8) is 0 Å². The highest BCUT2D eigenvalue weighted by molar-refractivity contribution is 7.80. The summed E-state index contributed by atoms with van der Waals surface area (Å²) in [6, 6.07) is 0. The van der Waals surface area contributed by atoms with Gasteiger partial charge in [-0.2, -0.15) is 8.42 Å². The van der Waals surface area contributed by atoms with Gasteiger partial charge in [-0.05, 0) is 0 Å². The van der Waals surface area contributed by atoms with Crippen LogP contribution in [0.4, 0.5) is 3.89 Å². The van der Waals surface area contributed by atoms with Crippen LogP contribution in [0, 0.1) is 0 Å². The minimum Gasteiger partial charge on any atom is -0.260 e. The van der Waals surface area contributed by atoms with Gasteiger partial charge in [0.25, 0.3) is 0 Å². The van der Waals surface area contributed by atoms with Crippen molar-refractivity contribution in [3.8, 4) is 0 Å². The molecule has 0 aliphatic rings. The van der Waals surface area contributed by atoms with Crippen molar-refractivity contribution >= 4 is 19.3 Å². The molecule has 6 heteroatoms. The van der Waals surface area contributed by atoms with Crippen molar-refractivity contribution in [2.75, 3.05) is 0 Å². The van der Waals surface area contributed by atoms with Crippen LogP contribution in [0.5, 0.6) is 0 Å². The molecule has 1 N–H and O–H groups in total. The van der Waals surface area contributed by atoms with Crippen molar-refractivity contribution in [2.24, 2.45) is 0 Å². The van der Waals surface area contributed by atoms with Crippen LogP contribution in [0.15, 0.2) is 0 Å². The van der Waals surface area contributed by atoms with Gasteiger partial charge in [0.1, 0.15) is 0 Å². The molecule has 0 spiro atoms. The van der Waals surface area contributed by atoms with Crippen LogP contribution in [0.1, 0.15) is 0 Å². The third-order valence-electron chi connectivity index (χ3n) is 0. The van der Waals surface area contributed by atoms with Crippen LogP contribution in [-0.4, -0.2) is 21.8 Å². The lowest BCUT2D eigenvalue weighted by atomic mass is 11.8. The maximum atomic E-state index is 10.2. The van der Waals surface area contributed by atoms with Gasteiger partial charge in [-0.3, -0.25) is 4.55 Å². The second-order valence-electron chi connectivity index (χ2n) is 2.14. The molecular formula is C3H11FO3SSi. The smallest absolute Gasteiger partial charge is 0.260 e. The molecule has 0 saturated carbocycles. The summed E-state index contributed by atoms with van der Waals surface area (Å²) >= 11 is 0. The topological polar surface area (TPSA) is 54.4 Å². The van der Waals surface area contributed by atoms with Crippen molar-refractivity contribution in [2.45, 2.75) is 19.6 Å². The average molecular weight is 174 g/mol. The van der Waals surface area contributed by atoms with E-state index in [1.54, 1.807) is 0 Å². The van der Waals surface area contributed by atoms with E-state index in [0.29, 0.717) is 0 Å². The fourth-order valence-electron chi connectivity index (χ4n) is 0. The van der Waals surface area contributed by atoms with Crippen molar-refractivity contribution in [1.82, 2.24) is 0 Å². The van der Waals surface area contributed by atoms with Crippen LogP contribution >= 0.6 is 0 Å². The molecule has 0 atom stereocenters. The Morgan fingerprint density at radius 3 is 1.33 bits per heavy atom. The second kappa shape index (κ2) is 4.89. The molecule has 0 aromatic rings. The first kappa shape index (κ1) is 11.8. The van der Waals surface area contributed by atoms with E-state index in [0.717, 1.165) is 0 Å². The van der Waals surface area contributed by atoms with Crippen molar-refractivity contribution in [1.29, 1.82) is 0 Å². The summed E-state index contributed by atoms with van der Waals surface area (Å²) < 4.78 is 34.1. The monoisotopic (exact) mass is 174 g/mol. The first-order valence-electron chi connectivity index (χ1n) is 2.40. The normalized spacial score (nSPS) is 10.4. The summed E-state index contributed by atoms with van der Waals surface area (Å²) in [4.78, 5) is 0. The van der Waals surface area contributed by atoms with E-state index in [1.165, 1.54) is 0 Å². The third kappa shape index (κ3) is 91300. The first-order valence-corrected chi connectivity index (χ1v) is 7.21. The summed E-state index contributed by atoms with van der Waals surface area (Å²) in [5, 5.41) is 0. The summed E-state index contributed by atoms with van der Waals surface area (Å²) in [5.74, 6) is 0. The van der Waals surface area contributed by atoms with Gasteiger partial charge in [0.05, 0.1) is 0 Å². The standard InChI is InChI=1S/C3H10Si.FHO3S/c1-4(2)3;1-5(2,3)4/h4H,1-3H3;(H,2,3,4). The van der Waals surface area contributed by atoms with Gasteiger partial charge in [0.2, 0.25) is 0 Å². The molecule has 0 fully saturated rings. The predicted octanol–water partition coefficient (Wildman–Crippen LogP) is 0.862. The molecule has 0 aliphatic heterocycles. The van der Waals surface area contributed by atoms with Crippen LogP contribution in [0.3, 0.4) is 0 Å². The van der Waals surface area contributed by atoms with Gasteiger partial charge in [0, 0.05) is 8.80 Å². The number of hydrogen-bond donors (Lipinski definition) is 1. The van der Waals surface area contributed by atoms with Crippen LogP contribution in [0.25, 0.3) is 0 Å². The molecule has 3 nitrogen and oxygen atoms in total. The lowest BCUT2D eigenvalue weighted by Crippen LogP contribution is -1.84. The molecule has 0 heterocycles. The number of rotatable bonds is 0. The van der Waals surface area contributed by atoms with Crippen molar-refractivity contribution in [3.05, 3.63) is 0 Å². The van der Waals surface area contributed by atoms with Gasteiger partial charge < -0.3 is 0 Å². The molecule has 0 aromatic carbocycles. The Kier molecular flexibility index (Phi) is 6.42. The van der Waals surface area contributed by atoms with Gasteiger partial charge in [-0.1, -0.05) is 23.5 Å². The zero-order valence-electron chi connectivity index (χ0n) is 5.63. The molecule has 0 radical (unpaired) electrons. The van der Waals surface area contributed by atoms with Crippen LogP contribution < -0.4 is 0 Å². The zero-order chi connectivity index (χ0) is 8.08. The highest BCUT2D eigenvalue weighted by atomic mass is 32.3. The minimum atomic E-state index is -5.17. The van der Waals surface area contributed by atoms with E-state index in [2.05, 4.69) is 19.6 Å². The van der Waals surface area contributed by atoms with E-state index >= 15 is 0 Å². The lowest BCUT2D eigenvalue weighted by Gasteiger charge is -1.75. The van der Waals surface area contributed by atoms with E-state index in [4.69, 9.17) is 13.0 Å². The Morgan fingerprint density at radius 2 is 1.33 bits per heavy atom. The molecule has 0 aromatic heterocycles.